The first-order valence-electron chi connectivity index (χ1n) is 32.0. The van der Waals surface area contributed by atoms with Crippen molar-refractivity contribution in [2.75, 3.05) is 9.80 Å². The Kier molecular flexibility index (Phi) is 13.1. The molecule has 0 saturated carbocycles. The molecule has 0 aliphatic heterocycles. The van der Waals surface area contributed by atoms with Crippen molar-refractivity contribution >= 4 is 110 Å². The maximum atomic E-state index is 5.95. The maximum Gasteiger partial charge on any atom is 0.0979 e. The van der Waals surface area contributed by atoms with Crippen LogP contribution in [0.5, 0.6) is 0 Å². The number of hydrogen-bond acceptors (Lipinski definition) is 4. The van der Waals surface area contributed by atoms with Crippen LogP contribution in [0.15, 0.2) is 352 Å². The van der Waals surface area contributed by atoms with Crippen molar-refractivity contribution in [1.29, 1.82) is 0 Å². The minimum absolute atomic E-state index is 0.783. The topological polar surface area (TPSA) is 42.1 Å². The first-order valence-corrected chi connectivity index (χ1v) is 32.0. The van der Waals surface area contributed by atoms with Crippen molar-refractivity contribution < 1.29 is 0 Å². The highest BCUT2D eigenvalue weighted by molar-refractivity contribution is 6.12. The fraction of sp³-hybridized carbons (Fsp3) is 0. The second-order valence-electron chi connectivity index (χ2n) is 24.1. The summed E-state index contributed by atoms with van der Waals surface area (Å²) in [4.78, 5) is 16.6. The van der Waals surface area contributed by atoms with E-state index in [-0.39, 0.29) is 0 Å². The molecule has 94 heavy (non-hydrogen) atoms. The van der Waals surface area contributed by atoms with Gasteiger partial charge in [-0.3, -0.25) is 0 Å². The summed E-state index contributed by atoms with van der Waals surface area (Å²) in [5.74, 6) is 0. The Morgan fingerprint density at radius 2 is 0.532 bits per heavy atom. The number of benzene rings is 15. The Hall–Kier alpha value is -12.6. The van der Waals surface area contributed by atoms with Crippen LogP contribution in [0.2, 0.25) is 0 Å². The third-order valence-corrected chi connectivity index (χ3v) is 18.6. The molecule has 3 heterocycles. The van der Waals surface area contributed by atoms with Crippen LogP contribution in [0, 0.1) is 0 Å². The summed E-state index contributed by atoms with van der Waals surface area (Å²) in [6.45, 7) is 0. The summed E-state index contributed by atoms with van der Waals surface area (Å²) < 4.78 is 4.74. The van der Waals surface area contributed by atoms with E-state index >= 15 is 0 Å². The van der Waals surface area contributed by atoms with Gasteiger partial charge in [-0.2, -0.15) is 0 Å². The quantitative estimate of drug-likeness (QED) is 0.122. The Balaban J connectivity index is 0.822. The van der Waals surface area contributed by atoms with Gasteiger partial charge in [0.15, 0.2) is 0 Å². The van der Waals surface area contributed by atoms with Gasteiger partial charge in [0.1, 0.15) is 0 Å². The Labute approximate surface area is 544 Å². The van der Waals surface area contributed by atoms with Gasteiger partial charge in [-0.25, -0.2) is 9.97 Å². The fourth-order valence-electron chi connectivity index (χ4n) is 14.2. The number of aromatic nitrogens is 4. The average molecular weight is 1200 g/mol. The van der Waals surface area contributed by atoms with E-state index in [9.17, 15) is 0 Å². The van der Waals surface area contributed by atoms with Gasteiger partial charge in [-0.05, 0) is 166 Å². The Morgan fingerprint density at radius 3 is 0.947 bits per heavy atom. The van der Waals surface area contributed by atoms with E-state index in [4.69, 9.17) is 9.97 Å². The van der Waals surface area contributed by atoms with Crippen molar-refractivity contribution in [3.8, 4) is 56.1 Å². The molecule has 3 aromatic heterocycles. The van der Waals surface area contributed by atoms with Crippen LogP contribution < -0.4 is 9.80 Å². The molecule has 18 aromatic rings. The largest absolute Gasteiger partial charge is 0.310 e. The summed E-state index contributed by atoms with van der Waals surface area (Å²) in [5.41, 5.74) is 22.4. The smallest absolute Gasteiger partial charge is 0.0979 e. The van der Waals surface area contributed by atoms with E-state index < -0.39 is 0 Å². The van der Waals surface area contributed by atoms with Crippen LogP contribution in [0.1, 0.15) is 0 Å². The first-order chi connectivity index (χ1) is 46.6. The third kappa shape index (κ3) is 9.34. The first kappa shape index (κ1) is 54.3. The highest BCUT2D eigenvalue weighted by Crippen LogP contribution is 2.46. The van der Waals surface area contributed by atoms with Crippen LogP contribution in [-0.4, -0.2) is 19.1 Å². The Bertz CT molecular complexity index is 5540. The molecule has 0 unspecified atom stereocenters. The normalized spacial score (nSPS) is 11.6. The van der Waals surface area contributed by atoms with Crippen molar-refractivity contribution in [2.24, 2.45) is 0 Å². The van der Waals surface area contributed by atoms with E-state index in [0.717, 1.165) is 112 Å². The van der Waals surface area contributed by atoms with E-state index in [0.29, 0.717) is 0 Å². The molecule has 0 amide bonds. The second-order valence-corrected chi connectivity index (χ2v) is 24.1. The number of rotatable bonds is 12. The van der Waals surface area contributed by atoms with Crippen molar-refractivity contribution in [1.82, 2.24) is 19.1 Å². The van der Waals surface area contributed by atoms with Gasteiger partial charge < -0.3 is 18.9 Å². The lowest BCUT2D eigenvalue weighted by atomic mass is 9.94. The van der Waals surface area contributed by atoms with Gasteiger partial charge in [0, 0.05) is 89.3 Å². The van der Waals surface area contributed by atoms with Gasteiger partial charge in [0.25, 0.3) is 0 Å². The van der Waals surface area contributed by atoms with E-state index in [1.807, 2.05) is 0 Å². The number of nitrogens with zero attached hydrogens (tertiary/aromatic N) is 6. The number of fused-ring (bicyclic) bond motifs is 9. The van der Waals surface area contributed by atoms with Crippen LogP contribution in [0.25, 0.3) is 132 Å². The van der Waals surface area contributed by atoms with Crippen LogP contribution in [0.4, 0.5) is 34.1 Å². The van der Waals surface area contributed by atoms with Crippen molar-refractivity contribution in [3.63, 3.8) is 0 Å². The van der Waals surface area contributed by atoms with Gasteiger partial charge in [-0.15, -0.1) is 0 Å². The van der Waals surface area contributed by atoms with Crippen LogP contribution in [-0.2, 0) is 0 Å². The van der Waals surface area contributed by atoms with E-state index in [1.54, 1.807) is 0 Å². The van der Waals surface area contributed by atoms with Gasteiger partial charge in [0.2, 0.25) is 0 Å². The van der Waals surface area contributed by atoms with Crippen LogP contribution >= 0.6 is 0 Å². The molecule has 6 nitrogen and oxygen atoms in total. The molecule has 0 atom stereocenters. The molecule has 0 bridgehead atoms. The number of para-hydroxylation sites is 6. The molecular weight excluding hydrogens is 1140 g/mol. The molecule has 0 spiro atoms. The number of anilines is 6. The molecule has 0 N–H and O–H groups in total. The molecule has 0 saturated heterocycles. The zero-order valence-corrected chi connectivity index (χ0v) is 51.2. The van der Waals surface area contributed by atoms with Crippen molar-refractivity contribution in [2.45, 2.75) is 0 Å². The average Bonchev–Trinajstić information content (AvgIpc) is 1.32. The fourth-order valence-corrected chi connectivity index (χ4v) is 14.2. The summed E-state index contributed by atoms with van der Waals surface area (Å²) in [6.07, 6.45) is 0. The van der Waals surface area contributed by atoms with E-state index in [1.165, 1.54) is 54.1 Å². The predicted molar refractivity (Wildman–Crippen MR) is 394 cm³/mol. The summed E-state index contributed by atoms with van der Waals surface area (Å²) >= 11 is 0. The molecule has 0 aliphatic rings. The highest BCUT2D eigenvalue weighted by Gasteiger charge is 2.24. The zero-order valence-electron chi connectivity index (χ0n) is 51.2. The van der Waals surface area contributed by atoms with Gasteiger partial charge in [-0.1, -0.05) is 218 Å². The monoisotopic (exact) mass is 1200 g/mol. The lowest BCUT2D eigenvalue weighted by Gasteiger charge is -2.26. The van der Waals surface area contributed by atoms with Crippen molar-refractivity contribution in [3.05, 3.63) is 352 Å². The lowest BCUT2D eigenvalue weighted by molar-refractivity contribution is 1.18. The third-order valence-electron chi connectivity index (χ3n) is 18.6. The summed E-state index contributed by atoms with van der Waals surface area (Å²) in [5, 5.41) is 9.47. The zero-order chi connectivity index (χ0) is 62.1. The minimum atomic E-state index is 0.783. The highest BCUT2D eigenvalue weighted by atomic mass is 15.1. The summed E-state index contributed by atoms with van der Waals surface area (Å²) in [7, 11) is 0. The SMILES string of the molecule is c1ccc(N(c2ccc(-c3nc4c(-c5ccc6ccccc6c5)ccc(-c5ccc6ccccc6c5)c4nc3-c3ccc(N(c4ccccc4)c4ccc5c(c4)c4ccccc4n5-c4ccccc4)cc3)cc2)c2ccc3c(c2)c2ccccc2n3-c2ccccc2)cc1. The lowest BCUT2D eigenvalue weighted by Crippen LogP contribution is -2.10. The van der Waals surface area contributed by atoms with Crippen LogP contribution in [0.3, 0.4) is 0 Å². The molecule has 0 radical (unpaired) electrons. The van der Waals surface area contributed by atoms with Gasteiger partial charge >= 0.3 is 0 Å². The molecule has 440 valence electrons. The standard InChI is InChI=1S/C88H58N6/c1-5-25-67(26-6-1)91(73-49-53-83-79(57-73)77-33-17-19-35-81(77)93(83)69-29-9-3-10-30-69)71-45-41-61(42-46-71)85-86(90-88-76(66-40-38-60-22-14-16-24-64(60)56-66)52-51-75(87(88)89-85)65-39-37-59-21-13-15-23-63(59)55-65)62-43-47-72(48-44-62)92(68-27-7-2-8-28-68)74-50-54-84-80(58-74)78-34-18-20-36-82(78)94(84)70-31-11-4-12-32-70/h1-58H. The molecule has 0 fully saturated rings. The molecule has 0 aliphatic carbocycles. The maximum absolute atomic E-state index is 5.95. The molecule has 15 aromatic carbocycles. The molecule has 6 heteroatoms. The van der Waals surface area contributed by atoms with E-state index in [2.05, 4.69) is 371 Å². The summed E-state index contributed by atoms with van der Waals surface area (Å²) in [6, 6.07) is 127. The molecular formula is C88H58N6. The Morgan fingerprint density at radius 1 is 0.213 bits per heavy atom. The predicted octanol–water partition coefficient (Wildman–Crippen LogP) is 23.7. The molecule has 18 rings (SSSR count). The number of hydrogen-bond donors (Lipinski definition) is 0. The second kappa shape index (κ2) is 22.7. The van der Waals surface area contributed by atoms with Gasteiger partial charge in [0.05, 0.1) is 44.5 Å². The minimum Gasteiger partial charge on any atom is -0.310 e.